The van der Waals surface area contributed by atoms with Crippen LogP contribution in [0.2, 0.25) is 0 Å². The summed E-state index contributed by atoms with van der Waals surface area (Å²) in [7, 11) is 0. The van der Waals surface area contributed by atoms with Gasteiger partial charge >= 0.3 is 0 Å². The zero-order chi connectivity index (χ0) is 11.4. The number of rotatable bonds is 4. The molecule has 0 saturated carbocycles. The minimum absolute atomic E-state index is 0.220. The van der Waals surface area contributed by atoms with Crippen LogP contribution in [0.3, 0.4) is 0 Å². The van der Waals surface area contributed by atoms with E-state index in [1.54, 1.807) is 11.3 Å². The average molecular weight is 232 g/mol. The number of thiazole rings is 1. The first-order valence-corrected chi connectivity index (χ1v) is 6.44. The summed E-state index contributed by atoms with van der Waals surface area (Å²) in [6.07, 6.45) is 0. The summed E-state index contributed by atoms with van der Waals surface area (Å²) in [5.74, 6) is 0. The second-order valence-corrected chi connectivity index (χ2v) is 4.48. The first kappa shape index (κ1) is 11.3. The van der Waals surface area contributed by atoms with Gasteiger partial charge < -0.3 is 5.32 Å². The van der Waals surface area contributed by atoms with Crippen LogP contribution in [0.4, 0.5) is 0 Å². The SMILES string of the molecule is CCNC(c1cscn1)c1ccccc1C. The van der Waals surface area contributed by atoms with Gasteiger partial charge in [0.15, 0.2) is 0 Å². The lowest BCUT2D eigenvalue weighted by atomic mass is 9.99. The molecule has 1 atom stereocenters. The summed E-state index contributed by atoms with van der Waals surface area (Å²) < 4.78 is 0. The van der Waals surface area contributed by atoms with Crippen molar-refractivity contribution in [3.63, 3.8) is 0 Å². The lowest BCUT2D eigenvalue weighted by Crippen LogP contribution is -2.22. The van der Waals surface area contributed by atoms with Crippen LogP contribution in [0.25, 0.3) is 0 Å². The van der Waals surface area contributed by atoms with Crippen molar-refractivity contribution >= 4 is 11.3 Å². The number of nitrogens with zero attached hydrogens (tertiary/aromatic N) is 1. The molecular weight excluding hydrogens is 216 g/mol. The highest BCUT2D eigenvalue weighted by Gasteiger charge is 2.15. The first-order valence-electron chi connectivity index (χ1n) is 5.50. The van der Waals surface area contributed by atoms with Gasteiger partial charge in [0.1, 0.15) is 0 Å². The molecule has 2 rings (SSSR count). The number of hydrogen-bond acceptors (Lipinski definition) is 3. The van der Waals surface area contributed by atoms with Gasteiger partial charge in [-0.1, -0.05) is 31.2 Å². The molecule has 1 heterocycles. The van der Waals surface area contributed by atoms with Crippen LogP contribution in [0.1, 0.15) is 29.8 Å². The third kappa shape index (κ3) is 2.31. The fourth-order valence-electron chi connectivity index (χ4n) is 1.85. The molecule has 0 fully saturated rings. The van der Waals surface area contributed by atoms with Gasteiger partial charge in [0, 0.05) is 5.38 Å². The zero-order valence-corrected chi connectivity index (χ0v) is 10.4. The summed E-state index contributed by atoms with van der Waals surface area (Å²) >= 11 is 1.64. The predicted octanol–water partition coefficient (Wildman–Crippen LogP) is 3.15. The average Bonchev–Trinajstić information content (AvgIpc) is 2.80. The third-order valence-electron chi connectivity index (χ3n) is 2.65. The van der Waals surface area contributed by atoms with Crippen molar-refractivity contribution in [2.75, 3.05) is 6.54 Å². The molecule has 0 spiro atoms. The molecule has 1 N–H and O–H groups in total. The van der Waals surface area contributed by atoms with Crippen LogP contribution in [-0.2, 0) is 0 Å². The molecule has 0 aliphatic heterocycles. The Morgan fingerprint density at radius 3 is 2.81 bits per heavy atom. The normalized spacial score (nSPS) is 12.6. The van der Waals surface area contributed by atoms with Crippen molar-refractivity contribution in [2.24, 2.45) is 0 Å². The fourth-order valence-corrected chi connectivity index (χ4v) is 2.43. The number of aromatic nitrogens is 1. The van der Waals surface area contributed by atoms with Crippen LogP contribution in [0.15, 0.2) is 35.2 Å². The minimum atomic E-state index is 0.220. The van der Waals surface area contributed by atoms with E-state index in [0.717, 1.165) is 12.2 Å². The second-order valence-electron chi connectivity index (χ2n) is 3.76. The highest BCUT2D eigenvalue weighted by molar-refractivity contribution is 7.07. The highest BCUT2D eigenvalue weighted by atomic mass is 32.1. The number of aryl methyl sites for hydroxylation is 1. The van der Waals surface area contributed by atoms with E-state index < -0.39 is 0 Å². The molecule has 2 aromatic rings. The molecule has 1 aromatic heterocycles. The Labute approximate surface area is 100 Å². The maximum Gasteiger partial charge on any atom is 0.0795 e. The second kappa shape index (κ2) is 5.23. The standard InChI is InChI=1S/C13H16N2S/c1-3-14-13(12-8-16-9-15-12)11-7-5-4-6-10(11)2/h4-9,13-14H,3H2,1-2H3. The lowest BCUT2D eigenvalue weighted by molar-refractivity contribution is 0.616. The van der Waals surface area contributed by atoms with Crippen molar-refractivity contribution in [3.8, 4) is 0 Å². The molecule has 0 saturated heterocycles. The molecule has 1 aromatic carbocycles. The molecule has 1 unspecified atom stereocenters. The van der Waals surface area contributed by atoms with E-state index in [1.165, 1.54) is 11.1 Å². The van der Waals surface area contributed by atoms with Crippen LogP contribution >= 0.6 is 11.3 Å². The van der Waals surface area contributed by atoms with Gasteiger partial charge in [-0.3, -0.25) is 0 Å². The maximum atomic E-state index is 4.41. The molecular formula is C13H16N2S. The Morgan fingerprint density at radius 1 is 1.38 bits per heavy atom. The molecule has 16 heavy (non-hydrogen) atoms. The first-order chi connectivity index (χ1) is 7.83. The molecule has 0 aliphatic carbocycles. The third-order valence-corrected chi connectivity index (χ3v) is 3.26. The van der Waals surface area contributed by atoms with Crippen LogP contribution in [0, 0.1) is 6.92 Å². The van der Waals surface area contributed by atoms with E-state index in [0.29, 0.717) is 0 Å². The van der Waals surface area contributed by atoms with Gasteiger partial charge in [-0.2, -0.15) is 0 Å². The van der Waals surface area contributed by atoms with Gasteiger partial charge in [-0.05, 0) is 24.6 Å². The highest BCUT2D eigenvalue weighted by Crippen LogP contribution is 2.24. The van der Waals surface area contributed by atoms with Crippen molar-refractivity contribution in [3.05, 3.63) is 52.0 Å². The minimum Gasteiger partial charge on any atom is -0.305 e. The summed E-state index contributed by atoms with van der Waals surface area (Å²) in [5, 5.41) is 5.60. The van der Waals surface area contributed by atoms with Gasteiger partial charge in [-0.25, -0.2) is 4.98 Å². The van der Waals surface area contributed by atoms with E-state index >= 15 is 0 Å². The molecule has 0 bridgehead atoms. The van der Waals surface area contributed by atoms with Gasteiger partial charge in [0.2, 0.25) is 0 Å². The molecule has 0 radical (unpaired) electrons. The molecule has 84 valence electrons. The Hall–Kier alpha value is -1.19. The predicted molar refractivity (Wildman–Crippen MR) is 68.8 cm³/mol. The molecule has 3 heteroatoms. The molecule has 2 nitrogen and oxygen atoms in total. The van der Waals surface area contributed by atoms with Gasteiger partial charge in [0.25, 0.3) is 0 Å². The van der Waals surface area contributed by atoms with E-state index in [4.69, 9.17) is 0 Å². The summed E-state index contributed by atoms with van der Waals surface area (Å²) in [5.41, 5.74) is 5.62. The zero-order valence-electron chi connectivity index (χ0n) is 9.60. The van der Waals surface area contributed by atoms with E-state index in [1.807, 2.05) is 5.51 Å². The van der Waals surface area contributed by atoms with Gasteiger partial charge in [0.05, 0.1) is 17.2 Å². The van der Waals surface area contributed by atoms with Gasteiger partial charge in [-0.15, -0.1) is 11.3 Å². The van der Waals surface area contributed by atoms with E-state index in [-0.39, 0.29) is 6.04 Å². The van der Waals surface area contributed by atoms with E-state index in [2.05, 4.69) is 53.8 Å². The van der Waals surface area contributed by atoms with E-state index in [9.17, 15) is 0 Å². The maximum absolute atomic E-state index is 4.41. The monoisotopic (exact) mass is 232 g/mol. The van der Waals surface area contributed by atoms with Crippen molar-refractivity contribution in [1.29, 1.82) is 0 Å². The largest absolute Gasteiger partial charge is 0.305 e. The Bertz CT molecular complexity index is 437. The summed E-state index contributed by atoms with van der Waals surface area (Å²) in [4.78, 5) is 4.41. The molecule has 0 amide bonds. The fraction of sp³-hybridized carbons (Fsp3) is 0.308. The molecule has 0 aliphatic rings. The van der Waals surface area contributed by atoms with Crippen LogP contribution in [-0.4, -0.2) is 11.5 Å². The number of benzene rings is 1. The summed E-state index contributed by atoms with van der Waals surface area (Å²) in [6.45, 7) is 5.21. The quantitative estimate of drug-likeness (QED) is 0.876. The van der Waals surface area contributed by atoms with Crippen LogP contribution in [0.5, 0.6) is 0 Å². The Balaban J connectivity index is 2.37. The number of nitrogens with one attached hydrogen (secondary N) is 1. The van der Waals surface area contributed by atoms with Crippen LogP contribution < -0.4 is 5.32 Å². The Kier molecular flexibility index (Phi) is 3.70. The van der Waals surface area contributed by atoms with Crippen molar-refractivity contribution in [2.45, 2.75) is 19.9 Å². The number of hydrogen-bond donors (Lipinski definition) is 1. The summed E-state index contributed by atoms with van der Waals surface area (Å²) in [6, 6.07) is 8.69. The smallest absolute Gasteiger partial charge is 0.0795 e. The lowest BCUT2D eigenvalue weighted by Gasteiger charge is -2.18. The van der Waals surface area contributed by atoms with Crippen molar-refractivity contribution < 1.29 is 0 Å². The topological polar surface area (TPSA) is 24.9 Å². The Morgan fingerprint density at radius 2 is 2.19 bits per heavy atom. The van der Waals surface area contributed by atoms with Crippen molar-refractivity contribution in [1.82, 2.24) is 10.3 Å².